The first-order valence-electron chi connectivity index (χ1n) is 8.93. The molecule has 0 saturated carbocycles. The molecule has 1 N–H and O–H groups in total. The second-order valence-electron chi connectivity index (χ2n) is 6.24. The molecule has 4 rings (SSSR count). The van der Waals surface area contributed by atoms with E-state index in [9.17, 15) is 9.18 Å². The van der Waals surface area contributed by atoms with Crippen LogP contribution in [0.4, 0.5) is 10.1 Å². The number of nitrogens with one attached hydrogen (secondary N) is 1. The van der Waals surface area contributed by atoms with Crippen LogP contribution in [0.15, 0.2) is 65.1 Å². The molecule has 0 atom stereocenters. The lowest BCUT2D eigenvalue weighted by atomic mass is 10.2. The molecule has 1 amide bonds. The first-order chi connectivity index (χ1) is 14.0. The lowest BCUT2D eigenvalue weighted by Crippen LogP contribution is -2.11. The molecule has 0 spiro atoms. The highest BCUT2D eigenvalue weighted by molar-refractivity contribution is 6.33. The lowest BCUT2D eigenvalue weighted by molar-refractivity contribution is 0.102. The minimum atomic E-state index is -0.436. The number of halogens is 2. The second-order valence-corrected chi connectivity index (χ2v) is 6.64. The van der Waals surface area contributed by atoms with E-state index in [-0.39, 0.29) is 16.8 Å². The van der Waals surface area contributed by atoms with E-state index in [1.165, 1.54) is 18.2 Å². The van der Waals surface area contributed by atoms with Crippen molar-refractivity contribution in [3.05, 3.63) is 77.1 Å². The van der Waals surface area contributed by atoms with E-state index in [2.05, 4.69) is 10.3 Å². The maximum absolute atomic E-state index is 13.3. The van der Waals surface area contributed by atoms with Gasteiger partial charge in [0.2, 0.25) is 5.89 Å². The van der Waals surface area contributed by atoms with Crippen molar-refractivity contribution in [1.82, 2.24) is 4.98 Å². The van der Waals surface area contributed by atoms with Crippen LogP contribution in [0.5, 0.6) is 5.75 Å². The number of benzene rings is 3. The Morgan fingerprint density at radius 3 is 2.66 bits per heavy atom. The summed E-state index contributed by atoms with van der Waals surface area (Å²) in [7, 11) is 0. The molecule has 3 aromatic carbocycles. The fourth-order valence-electron chi connectivity index (χ4n) is 2.86. The number of amides is 1. The zero-order valence-corrected chi connectivity index (χ0v) is 16.2. The predicted octanol–water partition coefficient (Wildman–Crippen LogP) is 5.94. The van der Waals surface area contributed by atoms with Gasteiger partial charge in [0.15, 0.2) is 5.58 Å². The highest BCUT2D eigenvalue weighted by Gasteiger charge is 2.14. The molecule has 0 aliphatic carbocycles. The smallest absolute Gasteiger partial charge is 0.255 e. The largest absolute Gasteiger partial charge is 0.494 e. The molecule has 0 aliphatic heterocycles. The summed E-state index contributed by atoms with van der Waals surface area (Å²) in [6.07, 6.45) is 0. The Labute approximate surface area is 171 Å². The summed E-state index contributed by atoms with van der Waals surface area (Å²) in [5.41, 5.74) is 2.64. The minimum absolute atomic E-state index is 0.209. The zero-order chi connectivity index (χ0) is 20.4. The van der Waals surface area contributed by atoms with Crippen molar-refractivity contribution >= 4 is 34.3 Å². The maximum atomic E-state index is 13.3. The molecule has 4 aromatic rings. The van der Waals surface area contributed by atoms with Crippen LogP contribution in [0.2, 0.25) is 5.02 Å². The van der Waals surface area contributed by atoms with E-state index in [1.807, 2.05) is 6.92 Å². The van der Waals surface area contributed by atoms with Crippen LogP contribution in [0.25, 0.3) is 22.6 Å². The molecule has 7 heteroatoms. The average Bonchev–Trinajstić information content (AvgIpc) is 3.11. The van der Waals surface area contributed by atoms with Gasteiger partial charge in [0.05, 0.1) is 17.2 Å². The van der Waals surface area contributed by atoms with Crippen LogP contribution in [0, 0.1) is 5.82 Å². The Morgan fingerprint density at radius 1 is 1.14 bits per heavy atom. The van der Waals surface area contributed by atoms with Crippen LogP contribution in [0.3, 0.4) is 0 Å². The lowest BCUT2D eigenvalue weighted by Gasteiger charge is -2.06. The Kier molecular flexibility index (Phi) is 5.18. The van der Waals surface area contributed by atoms with Gasteiger partial charge in [-0.05, 0) is 67.6 Å². The van der Waals surface area contributed by atoms with E-state index in [0.29, 0.717) is 40.3 Å². The Hall–Kier alpha value is -3.38. The monoisotopic (exact) mass is 410 g/mol. The fraction of sp³-hybridized carbons (Fsp3) is 0.0909. The van der Waals surface area contributed by atoms with Crippen molar-refractivity contribution in [3.63, 3.8) is 0 Å². The number of hydrogen-bond acceptors (Lipinski definition) is 4. The van der Waals surface area contributed by atoms with Crippen LogP contribution in [-0.4, -0.2) is 17.5 Å². The van der Waals surface area contributed by atoms with Crippen molar-refractivity contribution in [3.8, 4) is 17.2 Å². The third-order valence-electron chi connectivity index (χ3n) is 4.23. The molecule has 0 aliphatic rings. The summed E-state index contributed by atoms with van der Waals surface area (Å²) in [5, 5.41) is 3.04. The molecule has 5 nitrogen and oxygen atoms in total. The maximum Gasteiger partial charge on any atom is 0.255 e. The van der Waals surface area contributed by atoms with Gasteiger partial charge in [-0.1, -0.05) is 11.6 Å². The molecule has 1 aromatic heterocycles. The predicted molar refractivity (Wildman–Crippen MR) is 110 cm³/mol. The van der Waals surface area contributed by atoms with Gasteiger partial charge < -0.3 is 14.5 Å². The number of nitrogens with zero attached hydrogens (tertiary/aromatic N) is 1. The average molecular weight is 411 g/mol. The van der Waals surface area contributed by atoms with Gasteiger partial charge >= 0.3 is 0 Å². The number of fused-ring (bicyclic) bond motifs is 1. The van der Waals surface area contributed by atoms with Crippen LogP contribution in [-0.2, 0) is 0 Å². The van der Waals surface area contributed by atoms with E-state index < -0.39 is 5.82 Å². The van der Waals surface area contributed by atoms with Crippen LogP contribution >= 0.6 is 11.6 Å². The molecular weight excluding hydrogens is 395 g/mol. The number of rotatable bonds is 5. The highest BCUT2D eigenvalue weighted by Crippen LogP contribution is 2.31. The first-order valence-corrected chi connectivity index (χ1v) is 9.31. The Bertz CT molecular complexity index is 1190. The molecule has 0 fully saturated rings. The highest BCUT2D eigenvalue weighted by atomic mass is 35.5. The normalized spacial score (nSPS) is 10.9. The molecule has 29 heavy (non-hydrogen) atoms. The number of anilines is 1. The fourth-order valence-corrected chi connectivity index (χ4v) is 3.10. The molecule has 0 unspecified atom stereocenters. The van der Waals surface area contributed by atoms with Gasteiger partial charge in [-0.3, -0.25) is 4.79 Å². The summed E-state index contributed by atoms with van der Waals surface area (Å²) >= 11 is 6.08. The molecule has 0 saturated heterocycles. The number of aromatic nitrogens is 1. The Morgan fingerprint density at radius 2 is 1.93 bits per heavy atom. The van der Waals surface area contributed by atoms with Gasteiger partial charge in [0.25, 0.3) is 5.91 Å². The van der Waals surface area contributed by atoms with E-state index in [0.717, 1.165) is 0 Å². The number of hydrogen-bond donors (Lipinski definition) is 1. The van der Waals surface area contributed by atoms with Crippen LogP contribution < -0.4 is 10.1 Å². The van der Waals surface area contributed by atoms with E-state index >= 15 is 0 Å². The quantitative estimate of drug-likeness (QED) is 0.442. The molecule has 0 radical (unpaired) electrons. The standard InChI is InChI=1S/C22H16ClFN2O3/c1-2-28-16-7-3-13(4-8-16)21(27)25-15-6-10-20-19(12-15)26-22(29-20)17-9-5-14(24)11-18(17)23/h3-12H,2H2,1H3,(H,25,27). The van der Waals surface area contributed by atoms with E-state index in [4.69, 9.17) is 20.8 Å². The zero-order valence-electron chi connectivity index (χ0n) is 15.4. The Balaban J connectivity index is 1.56. The number of carbonyl (C=O) groups is 1. The summed E-state index contributed by atoms with van der Waals surface area (Å²) in [6, 6.07) is 16.0. The van der Waals surface area contributed by atoms with Gasteiger partial charge in [0, 0.05) is 11.3 Å². The third kappa shape index (κ3) is 4.07. The molecule has 146 valence electrons. The molecule has 0 bridgehead atoms. The number of ether oxygens (including phenoxy) is 1. The topological polar surface area (TPSA) is 64.4 Å². The van der Waals surface area contributed by atoms with Crippen molar-refractivity contribution in [2.75, 3.05) is 11.9 Å². The van der Waals surface area contributed by atoms with Gasteiger partial charge in [0.1, 0.15) is 17.1 Å². The minimum Gasteiger partial charge on any atom is -0.494 e. The summed E-state index contributed by atoms with van der Waals surface area (Å²) < 4.78 is 24.4. The van der Waals surface area contributed by atoms with Gasteiger partial charge in [-0.25, -0.2) is 9.37 Å². The van der Waals surface area contributed by atoms with Gasteiger partial charge in [-0.2, -0.15) is 0 Å². The summed E-state index contributed by atoms with van der Waals surface area (Å²) in [5.74, 6) is 0.298. The SMILES string of the molecule is CCOc1ccc(C(=O)Nc2ccc3oc(-c4ccc(F)cc4Cl)nc3c2)cc1. The number of oxazole rings is 1. The summed E-state index contributed by atoms with van der Waals surface area (Å²) in [6.45, 7) is 2.46. The van der Waals surface area contributed by atoms with Crippen molar-refractivity contribution in [1.29, 1.82) is 0 Å². The second kappa shape index (κ2) is 7.93. The van der Waals surface area contributed by atoms with Gasteiger partial charge in [-0.15, -0.1) is 0 Å². The first kappa shape index (κ1) is 19.0. The van der Waals surface area contributed by atoms with Crippen molar-refractivity contribution in [2.45, 2.75) is 6.92 Å². The summed E-state index contributed by atoms with van der Waals surface area (Å²) in [4.78, 5) is 16.9. The molecular formula is C22H16ClFN2O3. The molecule has 1 heterocycles. The van der Waals surface area contributed by atoms with Crippen molar-refractivity contribution < 1.29 is 18.3 Å². The van der Waals surface area contributed by atoms with E-state index in [1.54, 1.807) is 42.5 Å². The van der Waals surface area contributed by atoms with Crippen molar-refractivity contribution in [2.24, 2.45) is 0 Å². The number of carbonyl (C=O) groups excluding carboxylic acids is 1. The van der Waals surface area contributed by atoms with Crippen LogP contribution in [0.1, 0.15) is 17.3 Å². The third-order valence-corrected chi connectivity index (χ3v) is 4.55.